The van der Waals surface area contributed by atoms with E-state index in [1.165, 1.54) is 41.0 Å². The zero-order chi connectivity index (χ0) is 23.7. The van der Waals surface area contributed by atoms with Crippen molar-refractivity contribution in [2.75, 3.05) is 10.7 Å². The number of pyridine rings is 1. The zero-order valence-corrected chi connectivity index (χ0v) is 18.5. The molecule has 0 radical (unpaired) electrons. The molecule has 0 saturated carbocycles. The molecule has 0 spiro atoms. The van der Waals surface area contributed by atoms with Crippen molar-refractivity contribution in [1.29, 1.82) is 0 Å². The number of carbonyl (C=O) groups excluding carboxylic acids is 2. The quantitative estimate of drug-likeness (QED) is 0.315. The summed E-state index contributed by atoms with van der Waals surface area (Å²) in [4.78, 5) is 42.2. The van der Waals surface area contributed by atoms with Crippen LogP contribution in [-0.2, 0) is 4.79 Å². The lowest BCUT2D eigenvalue weighted by atomic mass is 10.1. The minimum atomic E-state index is -0.473. The smallest absolute Gasteiger partial charge is 0.278 e. The maximum Gasteiger partial charge on any atom is 0.278 e. The van der Waals surface area contributed by atoms with E-state index >= 15 is 0 Å². The van der Waals surface area contributed by atoms with Crippen LogP contribution < -0.4 is 4.90 Å². The molecule has 0 bridgehead atoms. The van der Waals surface area contributed by atoms with E-state index in [1.54, 1.807) is 35.4 Å². The molecule has 1 saturated heterocycles. The largest absolute Gasteiger partial charge is 0.295 e. The first-order valence-corrected chi connectivity index (χ1v) is 11.4. The van der Waals surface area contributed by atoms with Gasteiger partial charge in [0.25, 0.3) is 11.6 Å². The van der Waals surface area contributed by atoms with Gasteiger partial charge in [-0.05, 0) is 36.4 Å². The summed E-state index contributed by atoms with van der Waals surface area (Å²) in [5, 5.41) is 15.2. The number of para-hydroxylation sites is 1. The highest BCUT2D eigenvalue weighted by atomic mass is 32.2. The number of hydrogen-bond donors (Lipinski definition) is 0. The average Bonchev–Trinajstić information content (AvgIpc) is 3.48. The predicted octanol–water partition coefficient (Wildman–Crippen LogP) is 4.32. The van der Waals surface area contributed by atoms with Crippen LogP contribution >= 0.6 is 11.8 Å². The summed E-state index contributed by atoms with van der Waals surface area (Å²) >= 11 is 1.44. The first-order chi connectivity index (χ1) is 16.5. The van der Waals surface area contributed by atoms with Crippen LogP contribution in [0.1, 0.15) is 21.3 Å². The minimum absolute atomic E-state index is 0.0473. The SMILES string of the molecule is O=C1CSC(c2cn(C(=O)c3ccncc3)nc2-c2ccc([N+](=O)[O-])cc2)N1c1ccccc1. The van der Waals surface area contributed by atoms with E-state index in [1.807, 2.05) is 30.3 Å². The van der Waals surface area contributed by atoms with Crippen LogP contribution in [0.2, 0.25) is 0 Å². The predicted molar refractivity (Wildman–Crippen MR) is 127 cm³/mol. The first-order valence-electron chi connectivity index (χ1n) is 10.3. The fourth-order valence-corrected chi connectivity index (χ4v) is 4.97. The number of anilines is 1. The summed E-state index contributed by atoms with van der Waals surface area (Å²) in [6.45, 7) is 0. The maximum atomic E-state index is 13.1. The van der Waals surface area contributed by atoms with Gasteiger partial charge in [0.05, 0.1) is 16.4 Å². The Kier molecular flexibility index (Phi) is 5.64. The lowest BCUT2D eigenvalue weighted by Gasteiger charge is -2.24. The van der Waals surface area contributed by atoms with E-state index in [9.17, 15) is 19.7 Å². The van der Waals surface area contributed by atoms with Crippen LogP contribution in [-0.4, -0.2) is 37.3 Å². The van der Waals surface area contributed by atoms with E-state index in [-0.39, 0.29) is 23.3 Å². The Morgan fingerprint density at radius 1 is 1.03 bits per heavy atom. The molecule has 1 aliphatic rings. The third kappa shape index (κ3) is 3.95. The molecular weight excluding hydrogens is 454 g/mol. The van der Waals surface area contributed by atoms with Gasteiger partial charge in [-0.15, -0.1) is 11.8 Å². The van der Waals surface area contributed by atoms with Crippen molar-refractivity contribution >= 4 is 35.0 Å². The number of benzene rings is 2. The molecule has 5 rings (SSSR count). The fourth-order valence-electron chi connectivity index (χ4n) is 3.79. The van der Waals surface area contributed by atoms with E-state index in [2.05, 4.69) is 10.1 Å². The Balaban J connectivity index is 1.63. The van der Waals surface area contributed by atoms with Crippen LogP contribution in [0.5, 0.6) is 0 Å². The van der Waals surface area contributed by atoms with E-state index in [0.717, 1.165) is 5.69 Å². The zero-order valence-electron chi connectivity index (χ0n) is 17.6. The van der Waals surface area contributed by atoms with Gasteiger partial charge in [-0.1, -0.05) is 18.2 Å². The summed E-state index contributed by atoms with van der Waals surface area (Å²) in [6, 6.07) is 18.5. The number of nitro groups is 1. The second-order valence-corrected chi connectivity index (χ2v) is 8.55. The van der Waals surface area contributed by atoms with Gasteiger partial charge in [0.2, 0.25) is 5.91 Å². The second kappa shape index (κ2) is 8.91. The molecule has 9 nitrogen and oxygen atoms in total. The Hall–Kier alpha value is -4.31. The molecule has 3 heterocycles. The van der Waals surface area contributed by atoms with Crippen molar-refractivity contribution < 1.29 is 14.5 Å². The standard InChI is InChI=1S/C24H17N5O4S/c30-21-15-34-24(28(21)18-4-2-1-3-5-18)20-14-27(23(31)17-10-12-25-13-11-17)26-22(20)16-6-8-19(9-7-16)29(32)33/h1-14,24H,15H2. The molecule has 1 fully saturated rings. The average molecular weight is 471 g/mol. The number of aromatic nitrogens is 3. The Morgan fingerprint density at radius 3 is 2.41 bits per heavy atom. The van der Waals surface area contributed by atoms with Crippen molar-refractivity contribution in [1.82, 2.24) is 14.8 Å². The van der Waals surface area contributed by atoms with Gasteiger partial charge >= 0.3 is 0 Å². The first kappa shape index (κ1) is 21.5. The third-order valence-electron chi connectivity index (χ3n) is 5.40. The van der Waals surface area contributed by atoms with Gasteiger partial charge in [0.15, 0.2) is 0 Å². The summed E-state index contributed by atoms with van der Waals surface area (Å²) in [6.07, 6.45) is 4.68. The second-order valence-electron chi connectivity index (χ2n) is 7.49. The number of thioether (sulfide) groups is 1. The maximum absolute atomic E-state index is 13.1. The van der Waals surface area contributed by atoms with Gasteiger partial charge in [-0.2, -0.15) is 5.10 Å². The normalized spacial score (nSPS) is 15.5. The van der Waals surface area contributed by atoms with Crippen molar-refractivity contribution in [3.8, 4) is 11.3 Å². The molecule has 1 amide bonds. The number of nitro benzene ring substituents is 1. The number of nitrogens with zero attached hydrogens (tertiary/aromatic N) is 5. The number of rotatable bonds is 5. The lowest BCUT2D eigenvalue weighted by Crippen LogP contribution is -2.27. The molecule has 1 unspecified atom stereocenters. The van der Waals surface area contributed by atoms with Crippen LogP contribution in [0.25, 0.3) is 11.3 Å². The topological polar surface area (TPSA) is 111 Å². The highest BCUT2D eigenvalue weighted by molar-refractivity contribution is 8.00. The number of amides is 1. The number of non-ortho nitro benzene ring substituents is 1. The molecule has 2 aromatic carbocycles. The molecule has 0 aliphatic carbocycles. The van der Waals surface area contributed by atoms with Gasteiger partial charge in [0.1, 0.15) is 5.37 Å². The van der Waals surface area contributed by atoms with E-state index < -0.39 is 10.3 Å². The Bertz CT molecular complexity index is 1370. The van der Waals surface area contributed by atoms with Gasteiger partial charge in [-0.3, -0.25) is 29.6 Å². The Morgan fingerprint density at radius 2 is 1.74 bits per heavy atom. The summed E-state index contributed by atoms with van der Waals surface area (Å²) in [7, 11) is 0. The van der Waals surface area contributed by atoms with Crippen LogP contribution in [0.3, 0.4) is 0 Å². The van der Waals surface area contributed by atoms with E-state index in [4.69, 9.17) is 0 Å². The van der Waals surface area contributed by atoms with Crippen molar-refractivity contribution in [3.05, 3.63) is 107 Å². The summed E-state index contributed by atoms with van der Waals surface area (Å²) < 4.78 is 1.24. The molecular formula is C24H17N5O4S. The van der Waals surface area contributed by atoms with Gasteiger partial charge in [-0.25, -0.2) is 4.68 Å². The molecule has 4 aromatic rings. The molecule has 168 valence electrons. The molecule has 34 heavy (non-hydrogen) atoms. The number of carbonyl (C=O) groups is 2. The molecule has 0 N–H and O–H groups in total. The highest BCUT2D eigenvalue weighted by Gasteiger charge is 2.37. The van der Waals surface area contributed by atoms with Crippen LogP contribution in [0, 0.1) is 10.1 Å². The minimum Gasteiger partial charge on any atom is -0.295 e. The van der Waals surface area contributed by atoms with Crippen molar-refractivity contribution in [2.24, 2.45) is 0 Å². The van der Waals surface area contributed by atoms with Crippen LogP contribution in [0.4, 0.5) is 11.4 Å². The third-order valence-corrected chi connectivity index (χ3v) is 6.59. The van der Waals surface area contributed by atoms with Crippen molar-refractivity contribution in [3.63, 3.8) is 0 Å². The summed E-state index contributed by atoms with van der Waals surface area (Å²) in [5.41, 5.74) is 2.85. The Labute approximate surface area is 198 Å². The highest BCUT2D eigenvalue weighted by Crippen LogP contribution is 2.44. The molecule has 1 atom stereocenters. The van der Waals surface area contributed by atoms with Gasteiger partial charge < -0.3 is 0 Å². The molecule has 2 aromatic heterocycles. The van der Waals surface area contributed by atoms with Gasteiger partial charge in [0, 0.05) is 53.1 Å². The fraction of sp³-hybridized carbons (Fsp3) is 0.0833. The molecule has 1 aliphatic heterocycles. The molecule has 10 heteroatoms. The number of hydrogen-bond acceptors (Lipinski definition) is 7. The summed E-state index contributed by atoms with van der Waals surface area (Å²) in [5.74, 6) is -0.121. The monoisotopic (exact) mass is 471 g/mol. The van der Waals surface area contributed by atoms with Crippen LogP contribution in [0.15, 0.2) is 85.3 Å². The van der Waals surface area contributed by atoms with Crippen molar-refractivity contribution in [2.45, 2.75) is 5.37 Å². The lowest BCUT2D eigenvalue weighted by molar-refractivity contribution is -0.384. The van der Waals surface area contributed by atoms with E-state index in [0.29, 0.717) is 22.4 Å².